The summed E-state index contributed by atoms with van der Waals surface area (Å²) < 4.78 is 40.7. The van der Waals surface area contributed by atoms with Crippen molar-refractivity contribution in [3.8, 4) is 5.75 Å². The Morgan fingerprint density at radius 2 is 2.05 bits per heavy atom. The second kappa shape index (κ2) is 6.01. The first-order valence-corrected chi connectivity index (χ1v) is 6.92. The molecule has 21 heavy (non-hydrogen) atoms. The topological polar surface area (TPSA) is 133 Å². The quantitative estimate of drug-likeness (QED) is 0.592. The average molecular weight is 321 g/mol. The van der Waals surface area contributed by atoms with Crippen LogP contribution in [0.15, 0.2) is 17.0 Å². The molecular formula is C10H12FN3O6S. The van der Waals surface area contributed by atoms with E-state index in [-0.39, 0.29) is 0 Å². The Kier molecular flexibility index (Phi) is 4.80. The van der Waals surface area contributed by atoms with E-state index in [0.717, 1.165) is 0 Å². The molecule has 0 atom stereocenters. The molecule has 0 radical (unpaired) electrons. The van der Waals surface area contributed by atoms with E-state index in [1.807, 2.05) is 0 Å². The van der Waals surface area contributed by atoms with E-state index < -0.39 is 49.6 Å². The van der Waals surface area contributed by atoms with Crippen molar-refractivity contribution in [1.29, 1.82) is 0 Å². The van der Waals surface area contributed by atoms with Crippen LogP contribution in [0.25, 0.3) is 0 Å². The van der Waals surface area contributed by atoms with Crippen LogP contribution in [-0.4, -0.2) is 44.9 Å². The molecule has 0 aliphatic heterocycles. The Balaban J connectivity index is 3.24. The molecule has 116 valence electrons. The molecule has 0 saturated carbocycles. The third kappa shape index (κ3) is 4.10. The molecule has 1 aromatic carbocycles. The first-order valence-electron chi connectivity index (χ1n) is 5.37. The van der Waals surface area contributed by atoms with Crippen LogP contribution in [0.1, 0.15) is 0 Å². The van der Waals surface area contributed by atoms with Crippen LogP contribution in [0, 0.1) is 15.9 Å². The van der Waals surface area contributed by atoms with Gasteiger partial charge in [-0.3, -0.25) is 14.9 Å². The van der Waals surface area contributed by atoms with Crippen LogP contribution in [0.4, 0.5) is 10.1 Å². The fourth-order valence-electron chi connectivity index (χ4n) is 1.27. The largest absolute Gasteiger partial charge is 0.477 e. The number of benzene rings is 1. The number of primary sulfonamides is 1. The molecule has 11 heteroatoms. The third-order valence-corrected chi connectivity index (χ3v) is 3.29. The van der Waals surface area contributed by atoms with Crippen molar-refractivity contribution >= 4 is 21.6 Å². The summed E-state index contributed by atoms with van der Waals surface area (Å²) in [6, 6.07) is 0.945. The Morgan fingerprint density at radius 1 is 1.48 bits per heavy atom. The molecule has 1 rings (SSSR count). The zero-order valence-corrected chi connectivity index (χ0v) is 11.9. The van der Waals surface area contributed by atoms with Gasteiger partial charge in [0.05, 0.1) is 4.92 Å². The van der Waals surface area contributed by atoms with Crippen LogP contribution in [0.3, 0.4) is 0 Å². The Bertz CT molecular complexity index is 688. The molecule has 0 unspecified atom stereocenters. The zero-order chi connectivity index (χ0) is 16.4. The van der Waals surface area contributed by atoms with Gasteiger partial charge in [-0.15, -0.1) is 0 Å². The minimum atomic E-state index is -4.46. The van der Waals surface area contributed by atoms with Crippen molar-refractivity contribution < 1.29 is 27.3 Å². The van der Waals surface area contributed by atoms with E-state index in [2.05, 4.69) is 0 Å². The predicted molar refractivity (Wildman–Crippen MR) is 68.6 cm³/mol. The number of nitro groups is 1. The standard InChI is InChI=1S/C10H12FN3O6S/c1-13(2)10(15)5-20-8-3-6(11)9(21(12,18)19)4-7(8)14(16)17/h3-4H,5H2,1-2H3,(H2,12,18,19). The number of likely N-dealkylation sites (N-methyl/N-ethyl adjacent to an activating group) is 1. The van der Waals surface area contributed by atoms with E-state index in [9.17, 15) is 27.7 Å². The molecule has 0 fully saturated rings. The molecule has 0 spiro atoms. The first kappa shape index (κ1) is 16.8. The zero-order valence-electron chi connectivity index (χ0n) is 11.1. The molecule has 0 aliphatic rings. The van der Waals surface area contributed by atoms with E-state index >= 15 is 0 Å². The summed E-state index contributed by atoms with van der Waals surface area (Å²) in [5.74, 6) is -2.39. The number of rotatable bonds is 5. The molecule has 0 aromatic heterocycles. The van der Waals surface area contributed by atoms with E-state index in [4.69, 9.17) is 9.88 Å². The average Bonchev–Trinajstić information content (AvgIpc) is 2.33. The fraction of sp³-hybridized carbons (Fsp3) is 0.300. The highest BCUT2D eigenvalue weighted by molar-refractivity contribution is 7.89. The lowest BCUT2D eigenvalue weighted by Crippen LogP contribution is -2.27. The molecule has 9 nitrogen and oxygen atoms in total. The summed E-state index contributed by atoms with van der Waals surface area (Å²) >= 11 is 0. The Hall–Kier alpha value is -2.27. The number of halogens is 1. The number of sulfonamides is 1. The molecule has 2 N–H and O–H groups in total. The summed E-state index contributed by atoms with van der Waals surface area (Å²) in [7, 11) is -1.59. The van der Waals surface area contributed by atoms with E-state index in [1.54, 1.807) is 0 Å². The summed E-state index contributed by atoms with van der Waals surface area (Å²) in [5.41, 5.74) is -0.813. The van der Waals surface area contributed by atoms with Gasteiger partial charge >= 0.3 is 5.69 Å². The lowest BCUT2D eigenvalue weighted by atomic mass is 10.3. The van der Waals surface area contributed by atoms with Crippen molar-refractivity contribution in [3.63, 3.8) is 0 Å². The minimum absolute atomic E-state index is 0.445. The SMILES string of the molecule is CN(C)C(=O)COc1cc(F)c(S(N)(=O)=O)cc1[N+](=O)[O-]. The number of ether oxygens (including phenoxy) is 1. The smallest absolute Gasteiger partial charge is 0.312 e. The van der Waals surface area contributed by atoms with Crippen molar-refractivity contribution in [2.24, 2.45) is 5.14 Å². The van der Waals surface area contributed by atoms with Crippen LogP contribution < -0.4 is 9.88 Å². The molecule has 0 aliphatic carbocycles. The van der Waals surface area contributed by atoms with Crippen LogP contribution in [-0.2, 0) is 14.8 Å². The van der Waals surface area contributed by atoms with Gasteiger partial charge in [0.2, 0.25) is 15.8 Å². The Morgan fingerprint density at radius 3 is 2.48 bits per heavy atom. The van der Waals surface area contributed by atoms with Gasteiger partial charge in [-0.2, -0.15) is 0 Å². The number of amides is 1. The highest BCUT2D eigenvalue weighted by atomic mass is 32.2. The van der Waals surface area contributed by atoms with Gasteiger partial charge in [-0.25, -0.2) is 17.9 Å². The third-order valence-electron chi connectivity index (χ3n) is 2.37. The normalized spacial score (nSPS) is 11.0. The second-order valence-corrected chi connectivity index (χ2v) is 5.66. The maximum Gasteiger partial charge on any atom is 0.312 e. The number of carbonyl (C=O) groups is 1. The van der Waals surface area contributed by atoms with Gasteiger partial charge < -0.3 is 9.64 Å². The second-order valence-electron chi connectivity index (χ2n) is 4.13. The van der Waals surface area contributed by atoms with Gasteiger partial charge in [0.25, 0.3) is 5.91 Å². The van der Waals surface area contributed by atoms with E-state index in [0.29, 0.717) is 12.1 Å². The number of carbonyl (C=O) groups excluding carboxylic acids is 1. The van der Waals surface area contributed by atoms with E-state index in [1.165, 1.54) is 19.0 Å². The maximum atomic E-state index is 13.6. The maximum absolute atomic E-state index is 13.6. The fourth-order valence-corrected chi connectivity index (χ4v) is 1.88. The summed E-state index contributed by atoms with van der Waals surface area (Å²) in [5, 5.41) is 15.6. The monoisotopic (exact) mass is 321 g/mol. The van der Waals surface area contributed by atoms with Crippen molar-refractivity contribution in [3.05, 3.63) is 28.1 Å². The number of nitrogens with zero attached hydrogens (tertiary/aromatic N) is 2. The minimum Gasteiger partial charge on any atom is -0.477 e. The van der Waals surface area contributed by atoms with Crippen LogP contribution >= 0.6 is 0 Å². The summed E-state index contributed by atoms with van der Waals surface area (Å²) in [6.07, 6.45) is 0. The molecule has 0 bridgehead atoms. The highest BCUT2D eigenvalue weighted by Crippen LogP contribution is 2.31. The molecule has 0 heterocycles. The van der Waals surface area contributed by atoms with Crippen molar-refractivity contribution in [1.82, 2.24) is 4.90 Å². The van der Waals surface area contributed by atoms with Gasteiger partial charge in [0.15, 0.2) is 6.61 Å². The number of nitrogens with two attached hydrogens (primary N) is 1. The van der Waals surface area contributed by atoms with Crippen molar-refractivity contribution in [2.45, 2.75) is 4.90 Å². The molecule has 0 saturated heterocycles. The number of hydrogen-bond donors (Lipinski definition) is 1. The molecule has 1 aromatic rings. The Labute approximate surface area is 119 Å². The summed E-state index contributed by atoms with van der Waals surface area (Å²) in [4.78, 5) is 21.4. The predicted octanol–water partition coefficient (Wildman–Crippen LogP) is -0.152. The lowest BCUT2D eigenvalue weighted by molar-refractivity contribution is -0.386. The number of hydrogen-bond acceptors (Lipinski definition) is 6. The lowest BCUT2D eigenvalue weighted by Gasteiger charge is -2.12. The summed E-state index contributed by atoms with van der Waals surface area (Å²) in [6.45, 7) is -0.567. The number of nitro benzene ring substituents is 1. The molecular weight excluding hydrogens is 309 g/mol. The van der Waals surface area contributed by atoms with Gasteiger partial charge in [-0.1, -0.05) is 0 Å². The highest BCUT2D eigenvalue weighted by Gasteiger charge is 2.25. The van der Waals surface area contributed by atoms with Crippen LogP contribution in [0.5, 0.6) is 5.75 Å². The van der Waals surface area contributed by atoms with Gasteiger partial charge in [-0.05, 0) is 0 Å². The van der Waals surface area contributed by atoms with Gasteiger partial charge in [0, 0.05) is 26.2 Å². The molecule has 1 amide bonds. The van der Waals surface area contributed by atoms with Crippen LogP contribution in [0.2, 0.25) is 0 Å². The van der Waals surface area contributed by atoms with Crippen molar-refractivity contribution in [2.75, 3.05) is 20.7 Å². The first-order chi connectivity index (χ1) is 9.54. The van der Waals surface area contributed by atoms with Gasteiger partial charge in [0.1, 0.15) is 10.7 Å².